The van der Waals surface area contributed by atoms with Crippen LogP contribution in [0.25, 0.3) is 22.2 Å². The number of nitriles is 1. The molecule has 4 aromatic rings. The summed E-state index contributed by atoms with van der Waals surface area (Å²) < 4.78 is 5.59. The van der Waals surface area contributed by atoms with Gasteiger partial charge in [-0.1, -0.05) is 50.1 Å². The molecule has 0 saturated carbocycles. The molecule has 0 unspecified atom stereocenters. The van der Waals surface area contributed by atoms with Crippen molar-refractivity contribution in [2.75, 3.05) is 11.9 Å². The van der Waals surface area contributed by atoms with Crippen LogP contribution in [-0.2, 0) is 0 Å². The van der Waals surface area contributed by atoms with Gasteiger partial charge in [-0.25, -0.2) is 9.97 Å². The third-order valence-corrected chi connectivity index (χ3v) is 5.29. The first-order valence-electron chi connectivity index (χ1n) is 10.8. The second-order valence-corrected chi connectivity index (χ2v) is 7.99. The molecule has 0 radical (unpaired) electrons. The summed E-state index contributed by atoms with van der Waals surface area (Å²) in [5.74, 6) is 3.00. The number of nitrogens with one attached hydrogen (secondary N) is 1. The molecule has 0 spiro atoms. The predicted molar refractivity (Wildman–Crippen MR) is 133 cm³/mol. The van der Waals surface area contributed by atoms with Gasteiger partial charge in [0.25, 0.3) is 5.91 Å². The van der Waals surface area contributed by atoms with Crippen molar-refractivity contribution in [1.82, 2.24) is 9.97 Å². The van der Waals surface area contributed by atoms with Crippen LogP contribution >= 0.6 is 0 Å². The molecule has 1 amide bonds. The van der Waals surface area contributed by atoms with Crippen molar-refractivity contribution in [3.05, 3.63) is 83.7 Å². The number of aromatic nitrogens is 2. The molecule has 0 saturated heterocycles. The highest BCUT2D eigenvalue weighted by Crippen LogP contribution is 2.30. The second kappa shape index (κ2) is 9.85. The van der Waals surface area contributed by atoms with Crippen LogP contribution in [0.1, 0.15) is 41.5 Å². The second-order valence-electron chi connectivity index (χ2n) is 7.99. The summed E-state index contributed by atoms with van der Waals surface area (Å²) in [6.45, 7) is 4.41. The van der Waals surface area contributed by atoms with Crippen molar-refractivity contribution in [2.45, 2.75) is 19.8 Å². The van der Waals surface area contributed by atoms with E-state index in [0.717, 1.165) is 10.9 Å². The summed E-state index contributed by atoms with van der Waals surface area (Å²) in [5, 5.41) is 12.6. The van der Waals surface area contributed by atoms with E-state index in [0.29, 0.717) is 34.1 Å². The van der Waals surface area contributed by atoms with Gasteiger partial charge < -0.3 is 10.1 Å². The molecule has 166 valence electrons. The van der Waals surface area contributed by atoms with Crippen LogP contribution in [0.4, 0.5) is 5.69 Å². The maximum atomic E-state index is 13.0. The number of carbonyl (C=O) groups is 1. The molecule has 1 aromatic heterocycles. The van der Waals surface area contributed by atoms with Crippen molar-refractivity contribution in [3.8, 4) is 35.4 Å². The summed E-state index contributed by atoms with van der Waals surface area (Å²) in [7, 11) is 0. The number of fused-ring (bicyclic) bond motifs is 1. The number of hydrogen-bond acceptors (Lipinski definition) is 5. The van der Waals surface area contributed by atoms with Gasteiger partial charge in [-0.3, -0.25) is 4.79 Å². The maximum Gasteiger partial charge on any atom is 0.293 e. The molecule has 3 aromatic carbocycles. The van der Waals surface area contributed by atoms with Crippen LogP contribution in [0, 0.1) is 23.7 Å². The summed E-state index contributed by atoms with van der Waals surface area (Å²) >= 11 is 0. The van der Waals surface area contributed by atoms with Gasteiger partial charge in [0.1, 0.15) is 12.4 Å². The van der Waals surface area contributed by atoms with E-state index < -0.39 is 5.91 Å². The fourth-order valence-corrected chi connectivity index (χ4v) is 3.52. The first-order valence-corrected chi connectivity index (χ1v) is 10.8. The molecule has 0 aliphatic heterocycles. The van der Waals surface area contributed by atoms with Crippen LogP contribution in [0.2, 0.25) is 0 Å². The predicted octanol–water partition coefficient (Wildman–Crippen LogP) is 5.56. The number of carbonyl (C=O) groups excluding carboxylic acids is 1. The number of rotatable bonds is 6. The number of terminal acetylenes is 1. The monoisotopic (exact) mass is 446 g/mol. The SMILES string of the molecule is C#CCOc1ccc2nc(C(=O)Nc3cccc(C#N)c3)nc(-c3ccc(C(C)C)cc3)c2c1. The number of ether oxygens (including phenoxy) is 1. The van der Waals surface area contributed by atoms with Gasteiger partial charge >= 0.3 is 0 Å². The van der Waals surface area contributed by atoms with Crippen molar-refractivity contribution >= 4 is 22.5 Å². The molecule has 1 N–H and O–H groups in total. The third-order valence-electron chi connectivity index (χ3n) is 5.29. The van der Waals surface area contributed by atoms with Gasteiger partial charge in [-0.05, 0) is 47.9 Å². The zero-order valence-electron chi connectivity index (χ0n) is 18.9. The molecule has 6 heteroatoms. The topological polar surface area (TPSA) is 87.9 Å². The number of anilines is 1. The molecule has 34 heavy (non-hydrogen) atoms. The molecule has 4 rings (SSSR count). The van der Waals surface area contributed by atoms with E-state index >= 15 is 0 Å². The first-order chi connectivity index (χ1) is 16.5. The van der Waals surface area contributed by atoms with E-state index in [2.05, 4.69) is 53.3 Å². The lowest BCUT2D eigenvalue weighted by atomic mass is 9.99. The van der Waals surface area contributed by atoms with Crippen LogP contribution < -0.4 is 10.1 Å². The summed E-state index contributed by atoms with van der Waals surface area (Å²) in [6, 6.07) is 22.2. The van der Waals surface area contributed by atoms with Crippen LogP contribution in [0.15, 0.2) is 66.7 Å². The zero-order valence-corrected chi connectivity index (χ0v) is 18.9. The van der Waals surface area contributed by atoms with Gasteiger partial charge in [0.2, 0.25) is 5.82 Å². The Bertz CT molecular complexity index is 1440. The normalized spacial score (nSPS) is 10.5. The Morgan fingerprint density at radius 2 is 1.88 bits per heavy atom. The quantitative estimate of drug-likeness (QED) is 0.392. The highest BCUT2D eigenvalue weighted by Gasteiger charge is 2.17. The van der Waals surface area contributed by atoms with Gasteiger partial charge in [0.15, 0.2) is 0 Å². The molecular formula is C28H22N4O2. The molecule has 6 nitrogen and oxygen atoms in total. The van der Waals surface area contributed by atoms with Crippen LogP contribution in [-0.4, -0.2) is 22.5 Å². The van der Waals surface area contributed by atoms with E-state index in [4.69, 9.17) is 16.4 Å². The van der Waals surface area contributed by atoms with E-state index in [9.17, 15) is 4.79 Å². The first kappa shape index (κ1) is 22.5. The minimum atomic E-state index is -0.468. The number of hydrogen-bond donors (Lipinski definition) is 1. The Balaban J connectivity index is 1.79. The molecular weight excluding hydrogens is 424 g/mol. The third kappa shape index (κ3) is 4.87. The van der Waals surface area contributed by atoms with Crippen LogP contribution in [0.5, 0.6) is 5.75 Å². The Morgan fingerprint density at radius 1 is 1.09 bits per heavy atom. The lowest BCUT2D eigenvalue weighted by Crippen LogP contribution is -2.16. The Hall–Kier alpha value is -4.68. The number of nitrogens with zero attached hydrogens (tertiary/aromatic N) is 3. The molecule has 1 heterocycles. The molecule has 0 fully saturated rings. The van der Waals surface area contributed by atoms with Gasteiger partial charge in [-0.15, -0.1) is 6.42 Å². The Kier molecular flexibility index (Phi) is 6.52. The average Bonchev–Trinajstić information content (AvgIpc) is 2.86. The van der Waals surface area contributed by atoms with Gasteiger partial charge in [-0.2, -0.15) is 5.26 Å². The molecule has 0 aliphatic carbocycles. The van der Waals surface area contributed by atoms with Gasteiger partial charge in [0, 0.05) is 16.6 Å². The smallest absolute Gasteiger partial charge is 0.293 e. The van der Waals surface area contributed by atoms with Crippen molar-refractivity contribution in [1.29, 1.82) is 5.26 Å². The maximum absolute atomic E-state index is 13.0. The summed E-state index contributed by atoms with van der Waals surface area (Å²) in [6.07, 6.45) is 5.32. The molecule has 0 bridgehead atoms. The average molecular weight is 447 g/mol. The van der Waals surface area contributed by atoms with E-state index in [1.165, 1.54) is 5.56 Å². The minimum absolute atomic E-state index is 0.0232. The fourth-order valence-electron chi connectivity index (χ4n) is 3.52. The van der Waals surface area contributed by atoms with Crippen molar-refractivity contribution in [3.63, 3.8) is 0 Å². The minimum Gasteiger partial charge on any atom is -0.481 e. The molecule has 0 atom stereocenters. The lowest BCUT2D eigenvalue weighted by Gasteiger charge is -2.12. The summed E-state index contributed by atoms with van der Waals surface area (Å²) in [4.78, 5) is 22.1. The van der Waals surface area contributed by atoms with Crippen molar-refractivity contribution in [2.24, 2.45) is 0 Å². The number of benzene rings is 3. The highest BCUT2D eigenvalue weighted by atomic mass is 16.5. The lowest BCUT2D eigenvalue weighted by molar-refractivity contribution is 0.101. The largest absolute Gasteiger partial charge is 0.481 e. The Morgan fingerprint density at radius 3 is 2.59 bits per heavy atom. The summed E-state index contributed by atoms with van der Waals surface area (Å²) in [5.41, 5.74) is 4.21. The highest BCUT2D eigenvalue weighted by molar-refractivity contribution is 6.04. The standard InChI is InChI=1S/C28H22N4O2/c1-4-14-34-23-12-13-25-24(16-23)26(21-10-8-20(9-11-21)18(2)3)32-27(31-25)28(33)30-22-7-5-6-19(15-22)17-29/h1,5-13,15-16,18H,14H2,2-3H3,(H,30,33). The van der Waals surface area contributed by atoms with E-state index in [1.807, 2.05) is 18.2 Å². The zero-order chi connectivity index (χ0) is 24.1. The Labute approximate surface area is 198 Å². The fraction of sp³-hybridized carbons (Fsp3) is 0.143. The molecule has 0 aliphatic rings. The number of amides is 1. The van der Waals surface area contributed by atoms with Gasteiger partial charge in [0.05, 0.1) is 22.8 Å². The van der Waals surface area contributed by atoms with Crippen molar-refractivity contribution < 1.29 is 9.53 Å². The van der Waals surface area contributed by atoms with E-state index in [-0.39, 0.29) is 12.4 Å². The van der Waals surface area contributed by atoms with E-state index in [1.54, 1.807) is 36.4 Å². The van der Waals surface area contributed by atoms with Crippen LogP contribution in [0.3, 0.4) is 0 Å².